The lowest BCUT2D eigenvalue weighted by Gasteiger charge is -2.31. The van der Waals surface area contributed by atoms with Gasteiger partial charge in [-0.25, -0.2) is 9.29 Å². The van der Waals surface area contributed by atoms with Crippen LogP contribution in [0.25, 0.3) is 0 Å². The standard InChI is InChI=1S/C27H23FN2O5/c1-35-20-10-6-5-9-19(20)30-24(31)21-22(25(30)32)27(26(33)34,15-16-7-3-2-4-8-16)29-23(21)17-11-13-18(28)14-12-17/h2-14,21-23,29H,15H2,1H3,(H,33,34)/t21-,22+,23-,27+/m0/s1. The van der Waals surface area contributed by atoms with Gasteiger partial charge in [-0.2, -0.15) is 0 Å². The maximum Gasteiger partial charge on any atom is 0.325 e. The number of ether oxygens (including phenoxy) is 1. The average molecular weight is 474 g/mol. The number of rotatable bonds is 6. The van der Waals surface area contributed by atoms with E-state index in [-0.39, 0.29) is 12.1 Å². The quantitative estimate of drug-likeness (QED) is 0.532. The second kappa shape index (κ2) is 8.63. The molecule has 0 radical (unpaired) electrons. The second-order valence-electron chi connectivity index (χ2n) is 8.80. The molecule has 2 aliphatic heterocycles. The summed E-state index contributed by atoms with van der Waals surface area (Å²) in [5.41, 5.74) is -0.261. The van der Waals surface area contributed by atoms with Crippen molar-refractivity contribution >= 4 is 23.5 Å². The molecule has 0 aliphatic carbocycles. The molecule has 2 N–H and O–H groups in total. The van der Waals surface area contributed by atoms with E-state index in [0.29, 0.717) is 16.9 Å². The van der Waals surface area contributed by atoms with Crippen molar-refractivity contribution in [2.24, 2.45) is 11.8 Å². The van der Waals surface area contributed by atoms with E-state index in [2.05, 4.69) is 5.32 Å². The van der Waals surface area contributed by atoms with E-state index in [0.717, 1.165) is 4.90 Å². The van der Waals surface area contributed by atoms with Crippen molar-refractivity contribution in [3.63, 3.8) is 0 Å². The number of carboxylic acid groups (broad SMARTS) is 1. The number of anilines is 1. The molecular weight excluding hydrogens is 451 g/mol. The van der Waals surface area contributed by atoms with Gasteiger partial charge in [0.05, 0.1) is 24.6 Å². The molecule has 35 heavy (non-hydrogen) atoms. The van der Waals surface area contributed by atoms with Gasteiger partial charge in [0.15, 0.2) is 0 Å². The zero-order valence-electron chi connectivity index (χ0n) is 18.9. The average Bonchev–Trinajstić information content (AvgIpc) is 3.34. The van der Waals surface area contributed by atoms with E-state index in [1.54, 1.807) is 48.5 Å². The maximum absolute atomic E-state index is 13.9. The molecule has 0 unspecified atom stereocenters. The number of amides is 2. The Hall–Kier alpha value is -4.04. The smallest absolute Gasteiger partial charge is 0.325 e. The van der Waals surface area contributed by atoms with Crippen LogP contribution in [0.2, 0.25) is 0 Å². The molecule has 3 aromatic carbocycles. The molecule has 2 fully saturated rings. The predicted molar refractivity (Wildman–Crippen MR) is 125 cm³/mol. The molecule has 0 bridgehead atoms. The Morgan fingerprint density at radius 1 is 1.00 bits per heavy atom. The van der Waals surface area contributed by atoms with Gasteiger partial charge in [0.1, 0.15) is 17.1 Å². The summed E-state index contributed by atoms with van der Waals surface area (Å²) in [6, 6.07) is 20.3. The van der Waals surface area contributed by atoms with Gasteiger partial charge in [0, 0.05) is 12.5 Å². The van der Waals surface area contributed by atoms with Gasteiger partial charge in [0.2, 0.25) is 11.8 Å². The van der Waals surface area contributed by atoms with E-state index in [4.69, 9.17) is 4.74 Å². The van der Waals surface area contributed by atoms with Crippen LogP contribution >= 0.6 is 0 Å². The number of halogens is 1. The van der Waals surface area contributed by atoms with Gasteiger partial charge in [-0.15, -0.1) is 0 Å². The summed E-state index contributed by atoms with van der Waals surface area (Å²) in [7, 11) is 1.44. The van der Waals surface area contributed by atoms with Crippen LogP contribution in [0.5, 0.6) is 5.75 Å². The molecule has 5 rings (SSSR count). The number of fused-ring (bicyclic) bond motifs is 1. The van der Waals surface area contributed by atoms with Crippen molar-refractivity contribution in [2.45, 2.75) is 18.0 Å². The third kappa shape index (κ3) is 3.57. The molecule has 8 heteroatoms. The minimum absolute atomic E-state index is 0.0131. The summed E-state index contributed by atoms with van der Waals surface area (Å²) >= 11 is 0. The van der Waals surface area contributed by atoms with Crippen molar-refractivity contribution < 1.29 is 28.6 Å². The molecule has 0 saturated carbocycles. The van der Waals surface area contributed by atoms with Gasteiger partial charge in [0.25, 0.3) is 0 Å². The largest absolute Gasteiger partial charge is 0.495 e. The van der Waals surface area contributed by atoms with Crippen molar-refractivity contribution in [3.8, 4) is 5.75 Å². The predicted octanol–water partition coefficient (Wildman–Crippen LogP) is 3.35. The molecule has 2 heterocycles. The minimum atomic E-state index is -1.76. The van der Waals surface area contributed by atoms with Gasteiger partial charge in [-0.05, 0) is 35.4 Å². The summed E-state index contributed by atoms with van der Waals surface area (Å²) in [4.78, 5) is 41.6. The Morgan fingerprint density at radius 3 is 2.31 bits per heavy atom. The lowest BCUT2D eigenvalue weighted by molar-refractivity contribution is -0.148. The van der Waals surface area contributed by atoms with Crippen LogP contribution in [-0.4, -0.2) is 35.5 Å². The van der Waals surface area contributed by atoms with Crippen LogP contribution in [-0.2, 0) is 20.8 Å². The van der Waals surface area contributed by atoms with Crippen LogP contribution in [0.4, 0.5) is 10.1 Å². The normalized spacial score (nSPS) is 25.5. The Morgan fingerprint density at radius 2 is 1.66 bits per heavy atom. The fourth-order valence-electron chi connectivity index (χ4n) is 5.36. The van der Waals surface area contributed by atoms with Gasteiger partial charge in [-0.1, -0.05) is 54.6 Å². The zero-order chi connectivity index (χ0) is 24.7. The van der Waals surface area contributed by atoms with Crippen molar-refractivity contribution in [3.05, 3.63) is 95.8 Å². The fraction of sp³-hybridized carbons (Fsp3) is 0.222. The Bertz CT molecular complexity index is 1300. The lowest BCUT2D eigenvalue weighted by atomic mass is 9.76. The number of carbonyl (C=O) groups excluding carboxylic acids is 2. The Labute approximate surface area is 201 Å². The topological polar surface area (TPSA) is 95.9 Å². The molecule has 2 saturated heterocycles. The first-order chi connectivity index (χ1) is 16.9. The van der Waals surface area contributed by atoms with Crippen LogP contribution in [0.1, 0.15) is 17.2 Å². The van der Waals surface area contributed by atoms with Crippen molar-refractivity contribution in [1.82, 2.24) is 5.32 Å². The van der Waals surface area contributed by atoms with Gasteiger partial charge < -0.3 is 9.84 Å². The number of nitrogens with one attached hydrogen (secondary N) is 1. The molecule has 2 amide bonds. The van der Waals surface area contributed by atoms with E-state index >= 15 is 0 Å². The number of carbonyl (C=O) groups is 3. The maximum atomic E-state index is 13.9. The molecular formula is C27H23FN2O5. The number of methoxy groups -OCH3 is 1. The molecule has 0 spiro atoms. The monoisotopic (exact) mass is 474 g/mol. The number of hydrogen-bond donors (Lipinski definition) is 2. The number of benzene rings is 3. The summed E-state index contributed by atoms with van der Waals surface area (Å²) in [5.74, 6) is -4.69. The number of nitrogens with zero attached hydrogens (tertiary/aromatic N) is 1. The Balaban J connectivity index is 1.67. The number of aliphatic carboxylic acids is 1. The minimum Gasteiger partial charge on any atom is -0.495 e. The first-order valence-corrected chi connectivity index (χ1v) is 11.2. The first kappa shape index (κ1) is 22.7. The fourth-order valence-corrected chi connectivity index (χ4v) is 5.36. The summed E-state index contributed by atoms with van der Waals surface area (Å²) in [6.07, 6.45) is -0.0131. The van der Waals surface area contributed by atoms with Crippen LogP contribution in [0, 0.1) is 17.7 Å². The highest BCUT2D eigenvalue weighted by molar-refractivity contribution is 6.24. The highest BCUT2D eigenvalue weighted by Gasteiger charge is 2.68. The molecule has 7 nitrogen and oxygen atoms in total. The number of hydrogen-bond acceptors (Lipinski definition) is 5. The van der Waals surface area contributed by atoms with E-state index in [1.807, 2.05) is 6.07 Å². The van der Waals surface area contributed by atoms with E-state index in [1.165, 1.54) is 31.4 Å². The number of imide groups is 1. The summed E-state index contributed by atoms with van der Waals surface area (Å²) in [6.45, 7) is 0. The lowest BCUT2D eigenvalue weighted by Crippen LogP contribution is -2.57. The zero-order valence-corrected chi connectivity index (χ0v) is 18.9. The summed E-state index contributed by atoms with van der Waals surface area (Å²) in [5, 5.41) is 13.6. The van der Waals surface area contributed by atoms with Crippen molar-refractivity contribution in [2.75, 3.05) is 12.0 Å². The van der Waals surface area contributed by atoms with Crippen LogP contribution in [0.3, 0.4) is 0 Å². The highest BCUT2D eigenvalue weighted by Crippen LogP contribution is 2.51. The van der Waals surface area contributed by atoms with Gasteiger partial charge >= 0.3 is 5.97 Å². The van der Waals surface area contributed by atoms with Crippen molar-refractivity contribution in [1.29, 1.82) is 0 Å². The third-order valence-electron chi connectivity index (χ3n) is 6.92. The SMILES string of the molecule is COc1ccccc1N1C(=O)[C@@H]2[C@H](c3ccc(F)cc3)N[C@@](Cc3ccccc3)(C(=O)O)[C@H]2C1=O. The molecule has 178 valence electrons. The number of para-hydroxylation sites is 2. The van der Waals surface area contributed by atoms with Gasteiger partial charge in [-0.3, -0.25) is 19.7 Å². The second-order valence-corrected chi connectivity index (χ2v) is 8.80. The third-order valence-corrected chi connectivity index (χ3v) is 6.92. The van der Waals surface area contributed by atoms with Crippen LogP contribution < -0.4 is 15.0 Å². The first-order valence-electron chi connectivity index (χ1n) is 11.2. The van der Waals surface area contributed by atoms with E-state index < -0.39 is 47.0 Å². The van der Waals surface area contributed by atoms with E-state index in [9.17, 15) is 23.9 Å². The molecule has 2 aliphatic rings. The van der Waals surface area contributed by atoms with Crippen LogP contribution in [0.15, 0.2) is 78.9 Å². The Kier molecular flexibility index (Phi) is 5.61. The number of carboxylic acids is 1. The summed E-state index contributed by atoms with van der Waals surface area (Å²) < 4.78 is 19.0. The molecule has 0 aromatic heterocycles. The highest BCUT2D eigenvalue weighted by atomic mass is 19.1. The molecule has 4 atom stereocenters. The molecule has 3 aromatic rings.